The summed E-state index contributed by atoms with van der Waals surface area (Å²) < 4.78 is 25.2. The van der Waals surface area contributed by atoms with E-state index in [4.69, 9.17) is 0 Å². The molecule has 0 radical (unpaired) electrons. The Hall–Kier alpha value is -2.39. The zero-order valence-electron chi connectivity index (χ0n) is 11.8. The normalized spacial score (nSPS) is 17.3. The highest BCUT2D eigenvalue weighted by atomic mass is 32.2. The molecule has 108 valence electrons. The van der Waals surface area contributed by atoms with Crippen molar-refractivity contribution in [1.29, 1.82) is 0 Å². The predicted molar refractivity (Wildman–Crippen MR) is 86.4 cm³/mol. The van der Waals surface area contributed by atoms with Gasteiger partial charge in [-0.25, -0.2) is 8.42 Å². The maximum Gasteiger partial charge on any atom is 0.197 e. The summed E-state index contributed by atoms with van der Waals surface area (Å²) in [6.45, 7) is 0. The van der Waals surface area contributed by atoms with Gasteiger partial charge < -0.3 is 0 Å². The van der Waals surface area contributed by atoms with E-state index in [0.29, 0.717) is 4.90 Å². The van der Waals surface area contributed by atoms with Crippen molar-refractivity contribution in [2.24, 2.45) is 0 Å². The predicted octanol–water partition coefficient (Wildman–Crippen LogP) is 3.77. The van der Waals surface area contributed by atoms with E-state index in [1.54, 1.807) is 12.1 Å². The molecule has 22 heavy (non-hydrogen) atoms. The second-order valence-corrected chi connectivity index (χ2v) is 7.47. The van der Waals surface area contributed by atoms with Crippen molar-refractivity contribution in [3.63, 3.8) is 0 Å². The zero-order chi connectivity index (χ0) is 15.2. The topological polar surface area (TPSA) is 34.1 Å². The number of rotatable bonds is 2. The highest BCUT2D eigenvalue weighted by Gasteiger charge is 2.59. The first-order valence-electron chi connectivity index (χ1n) is 7.14. The lowest BCUT2D eigenvalue weighted by atomic mass is 9.83. The van der Waals surface area contributed by atoms with Gasteiger partial charge in [-0.3, -0.25) is 0 Å². The molecule has 0 bridgehead atoms. The molecule has 1 aliphatic rings. The van der Waals surface area contributed by atoms with Crippen molar-refractivity contribution in [3.8, 4) is 0 Å². The molecule has 0 unspecified atom stereocenters. The molecule has 1 aliphatic heterocycles. The van der Waals surface area contributed by atoms with Crippen LogP contribution in [0.3, 0.4) is 0 Å². The van der Waals surface area contributed by atoms with Crippen molar-refractivity contribution in [3.05, 3.63) is 102 Å². The van der Waals surface area contributed by atoms with Gasteiger partial charge in [-0.05, 0) is 17.2 Å². The fraction of sp³-hybridized carbons (Fsp3) is 0.0526. The largest absolute Gasteiger partial charge is 0.222 e. The molecule has 0 aromatic heterocycles. The van der Waals surface area contributed by atoms with Gasteiger partial charge in [-0.15, -0.1) is 0 Å². The molecular weight excluding hydrogens is 292 g/mol. The van der Waals surface area contributed by atoms with E-state index in [1.807, 2.05) is 72.8 Å². The van der Waals surface area contributed by atoms with Gasteiger partial charge in [-0.1, -0.05) is 78.9 Å². The highest BCUT2D eigenvalue weighted by molar-refractivity contribution is 7.94. The van der Waals surface area contributed by atoms with Crippen LogP contribution in [0, 0.1) is 0 Å². The average Bonchev–Trinajstić information content (AvgIpc) is 2.57. The summed E-state index contributed by atoms with van der Waals surface area (Å²) in [5.41, 5.74) is 2.44. The van der Waals surface area contributed by atoms with Crippen LogP contribution in [0.4, 0.5) is 0 Å². The maximum atomic E-state index is 13.2. The van der Waals surface area contributed by atoms with E-state index in [9.17, 15) is 8.42 Å². The molecule has 2 nitrogen and oxygen atoms in total. The third kappa shape index (κ3) is 1.46. The van der Waals surface area contributed by atoms with Crippen LogP contribution in [0.25, 0.3) is 0 Å². The van der Waals surface area contributed by atoms with E-state index in [-0.39, 0.29) is 0 Å². The van der Waals surface area contributed by atoms with Gasteiger partial charge in [0.25, 0.3) is 0 Å². The molecule has 3 aromatic carbocycles. The Labute approximate surface area is 130 Å². The summed E-state index contributed by atoms with van der Waals surface area (Å²) in [6.07, 6.45) is 0. The summed E-state index contributed by atoms with van der Waals surface area (Å²) >= 11 is 0. The minimum absolute atomic E-state index is 0.433. The summed E-state index contributed by atoms with van der Waals surface area (Å²) in [5, 5.41) is 0. The van der Waals surface area contributed by atoms with Crippen LogP contribution in [0.2, 0.25) is 0 Å². The molecular formula is C19H14O2S. The van der Waals surface area contributed by atoms with Crippen molar-refractivity contribution in [2.75, 3.05) is 0 Å². The monoisotopic (exact) mass is 306 g/mol. The first-order chi connectivity index (χ1) is 10.7. The lowest BCUT2D eigenvalue weighted by Gasteiger charge is -2.43. The molecule has 0 aliphatic carbocycles. The summed E-state index contributed by atoms with van der Waals surface area (Å²) in [4.78, 5) is 0.433. The fourth-order valence-electron chi connectivity index (χ4n) is 3.39. The van der Waals surface area contributed by atoms with Gasteiger partial charge in [0.15, 0.2) is 14.6 Å². The van der Waals surface area contributed by atoms with Crippen molar-refractivity contribution < 1.29 is 8.42 Å². The lowest BCUT2D eigenvalue weighted by molar-refractivity contribution is 0.550. The van der Waals surface area contributed by atoms with Crippen molar-refractivity contribution in [1.82, 2.24) is 0 Å². The van der Waals surface area contributed by atoms with Gasteiger partial charge in [0.2, 0.25) is 0 Å². The molecule has 3 heteroatoms. The summed E-state index contributed by atoms with van der Waals surface area (Å²) in [6, 6.07) is 26.2. The Morgan fingerprint density at radius 2 is 1.05 bits per heavy atom. The van der Waals surface area contributed by atoms with E-state index in [1.165, 1.54) is 0 Å². The molecule has 0 spiro atoms. The van der Waals surface area contributed by atoms with E-state index in [0.717, 1.165) is 16.7 Å². The summed E-state index contributed by atoms with van der Waals surface area (Å²) in [7, 11) is -3.45. The van der Waals surface area contributed by atoms with E-state index in [2.05, 4.69) is 0 Å². The molecule has 0 fully saturated rings. The molecule has 0 amide bonds. The Bertz CT molecular complexity index is 890. The van der Waals surface area contributed by atoms with Gasteiger partial charge in [-0.2, -0.15) is 0 Å². The number of fused-ring (bicyclic) bond motifs is 1. The Kier molecular flexibility index (Phi) is 2.75. The van der Waals surface area contributed by atoms with Crippen LogP contribution in [-0.2, 0) is 14.6 Å². The lowest BCUT2D eigenvalue weighted by Crippen LogP contribution is -2.47. The van der Waals surface area contributed by atoms with E-state index >= 15 is 0 Å². The SMILES string of the molecule is O=S1(=O)c2ccccc2C1(c1ccccc1)c1ccccc1. The first kappa shape index (κ1) is 13.3. The standard InChI is InChI=1S/C19H14O2S/c20-22(21)18-14-8-7-13-17(18)19(22,15-9-3-1-4-10-15)16-11-5-2-6-12-16/h1-14H. The number of hydrogen-bond donors (Lipinski definition) is 0. The number of benzene rings is 3. The smallest absolute Gasteiger partial charge is 0.197 e. The molecule has 0 atom stereocenters. The van der Waals surface area contributed by atoms with Crippen LogP contribution in [0.15, 0.2) is 89.8 Å². The molecule has 0 N–H and O–H groups in total. The molecule has 3 aromatic rings. The van der Waals surface area contributed by atoms with Crippen LogP contribution >= 0.6 is 0 Å². The molecule has 0 saturated heterocycles. The third-order valence-electron chi connectivity index (χ3n) is 4.32. The van der Waals surface area contributed by atoms with Crippen LogP contribution in [0.5, 0.6) is 0 Å². The van der Waals surface area contributed by atoms with Gasteiger partial charge >= 0.3 is 0 Å². The zero-order valence-corrected chi connectivity index (χ0v) is 12.6. The van der Waals surface area contributed by atoms with Gasteiger partial charge in [0.05, 0.1) is 4.90 Å². The quantitative estimate of drug-likeness (QED) is 0.722. The Morgan fingerprint density at radius 1 is 0.591 bits per heavy atom. The fourth-order valence-corrected chi connectivity index (χ4v) is 5.69. The van der Waals surface area contributed by atoms with Gasteiger partial charge in [0.1, 0.15) is 0 Å². The second-order valence-electron chi connectivity index (χ2n) is 5.41. The molecule has 0 saturated carbocycles. The third-order valence-corrected chi connectivity index (χ3v) is 6.75. The van der Waals surface area contributed by atoms with Crippen molar-refractivity contribution in [2.45, 2.75) is 9.64 Å². The minimum Gasteiger partial charge on any atom is -0.222 e. The van der Waals surface area contributed by atoms with Gasteiger partial charge in [0, 0.05) is 5.56 Å². The summed E-state index contributed by atoms with van der Waals surface area (Å²) in [5.74, 6) is 0. The molecule has 4 rings (SSSR count). The van der Waals surface area contributed by atoms with Crippen LogP contribution in [0.1, 0.15) is 16.7 Å². The number of hydrogen-bond acceptors (Lipinski definition) is 2. The Morgan fingerprint density at radius 3 is 1.59 bits per heavy atom. The highest BCUT2D eigenvalue weighted by Crippen LogP contribution is 2.56. The maximum absolute atomic E-state index is 13.2. The number of sulfone groups is 1. The van der Waals surface area contributed by atoms with Crippen LogP contribution < -0.4 is 0 Å². The minimum atomic E-state index is -3.45. The second kappa shape index (κ2) is 4.55. The van der Waals surface area contributed by atoms with E-state index < -0.39 is 14.6 Å². The Balaban J connectivity index is 2.14. The average molecular weight is 306 g/mol. The molecule has 1 heterocycles. The van der Waals surface area contributed by atoms with Crippen molar-refractivity contribution >= 4 is 9.84 Å². The first-order valence-corrected chi connectivity index (χ1v) is 8.62. The van der Waals surface area contributed by atoms with Crippen LogP contribution in [-0.4, -0.2) is 8.42 Å².